The Morgan fingerprint density at radius 3 is 2.56 bits per heavy atom. The molecule has 0 aromatic heterocycles. The molecule has 1 atom stereocenters. The maximum absolute atomic E-state index is 10.4. The first-order valence-corrected chi connectivity index (χ1v) is 3.75. The molecule has 54 valence electrons. The van der Waals surface area contributed by atoms with Crippen molar-refractivity contribution < 1.29 is 4.79 Å². The van der Waals surface area contributed by atoms with Gasteiger partial charge in [0.25, 0.3) is 0 Å². The lowest BCUT2D eigenvalue weighted by atomic mass is 10.1. The van der Waals surface area contributed by atoms with Crippen molar-refractivity contribution in [1.82, 2.24) is 0 Å². The smallest absolute Gasteiger partial charge is 0.224 e. The Morgan fingerprint density at radius 1 is 1.67 bits per heavy atom. The number of carbonyl (C=O) groups excluding carboxylic acids is 1. The Balaban J connectivity index is 3.27. The SMILES string of the molecule is CCCC[C@H](C)C(=O)Cl. The minimum atomic E-state index is -0.205. The normalized spacial score (nSPS) is 13.2. The second kappa shape index (κ2) is 4.80. The summed E-state index contributed by atoms with van der Waals surface area (Å²) in [5, 5.41) is -0.205. The molecule has 0 bridgehead atoms. The summed E-state index contributed by atoms with van der Waals surface area (Å²) in [4.78, 5) is 10.4. The van der Waals surface area contributed by atoms with Crippen LogP contribution in [0, 0.1) is 5.92 Å². The molecule has 0 aromatic rings. The zero-order valence-electron chi connectivity index (χ0n) is 5.98. The van der Waals surface area contributed by atoms with E-state index in [1.807, 2.05) is 6.92 Å². The molecule has 0 spiro atoms. The Labute approximate surface area is 61.4 Å². The molecule has 0 saturated heterocycles. The number of unbranched alkanes of at least 4 members (excludes halogenated alkanes) is 1. The largest absolute Gasteiger partial charge is 0.281 e. The lowest BCUT2D eigenvalue weighted by Crippen LogP contribution is -2.02. The van der Waals surface area contributed by atoms with E-state index in [0.29, 0.717) is 0 Å². The van der Waals surface area contributed by atoms with Crippen LogP contribution in [0.5, 0.6) is 0 Å². The average molecular weight is 149 g/mol. The topological polar surface area (TPSA) is 17.1 Å². The Kier molecular flexibility index (Phi) is 4.78. The van der Waals surface area contributed by atoms with Crippen LogP contribution in [-0.4, -0.2) is 5.24 Å². The molecule has 0 aromatic carbocycles. The van der Waals surface area contributed by atoms with Gasteiger partial charge in [0.1, 0.15) is 0 Å². The standard InChI is InChI=1S/C7H13ClO/c1-3-4-5-6(2)7(8)9/h6H,3-5H2,1-2H3/t6-/m0/s1. The molecule has 0 fully saturated rings. The maximum atomic E-state index is 10.4. The first kappa shape index (κ1) is 8.96. The van der Waals surface area contributed by atoms with Crippen LogP contribution in [0.15, 0.2) is 0 Å². The highest BCUT2D eigenvalue weighted by atomic mass is 35.5. The van der Waals surface area contributed by atoms with Gasteiger partial charge in [0, 0.05) is 5.92 Å². The summed E-state index contributed by atoms with van der Waals surface area (Å²) in [6, 6.07) is 0. The van der Waals surface area contributed by atoms with Crippen LogP contribution in [-0.2, 0) is 4.79 Å². The molecule has 0 N–H and O–H groups in total. The van der Waals surface area contributed by atoms with Gasteiger partial charge < -0.3 is 0 Å². The summed E-state index contributed by atoms with van der Waals surface area (Å²) in [6.07, 6.45) is 3.16. The fourth-order valence-electron chi connectivity index (χ4n) is 0.624. The fraction of sp³-hybridized carbons (Fsp3) is 0.857. The molecule has 0 aliphatic rings. The Morgan fingerprint density at radius 2 is 2.22 bits per heavy atom. The number of hydrogen-bond acceptors (Lipinski definition) is 1. The van der Waals surface area contributed by atoms with Crippen LogP contribution >= 0.6 is 11.6 Å². The van der Waals surface area contributed by atoms with Gasteiger partial charge in [-0.1, -0.05) is 26.7 Å². The van der Waals surface area contributed by atoms with E-state index in [0.717, 1.165) is 19.3 Å². The van der Waals surface area contributed by atoms with E-state index in [1.54, 1.807) is 0 Å². The molecule has 2 heteroatoms. The zero-order chi connectivity index (χ0) is 7.28. The molecule has 0 unspecified atom stereocenters. The summed E-state index contributed by atoms with van der Waals surface area (Å²) in [7, 11) is 0. The fourth-order valence-corrected chi connectivity index (χ4v) is 0.733. The molecule has 1 nitrogen and oxygen atoms in total. The van der Waals surface area contributed by atoms with Gasteiger partial charge in [0.15, 0.2) is 0 Å². The molecule has 0 saturated carbocycles. The van der Waals surface area contributed by atoms with Gasteiger partial charge in [-0.3, -0.25) is 4.79 Å². The van der Waals surface area contributed by atoms with E-state index >= 15 is 0 Å². The van der Waals surface area contributed by atoms with Gasteiger partial charge >= 0.3 is 0 Å². The first-order chi connectivity index (χ1) is 4.18. The van der Waals surface area contributed by atoms with Crippen molar-refractivity contribution in [3.63, 3.8) is 0 Å². The van der Waals surface area contributed by atoms with E-state index in [1.165, 1.54) is 0 Å². The highest BCUT2D eigenvalue weighted by molar-refractivity contribution is 6.63. The third-order valence-electron chi connectivity index (χ3n) is 1.38. The van der Waals surface area contributed by atoms with Crippen LogP contribution in [0.4, 0.5) is 0 Å². The van der Waals surface area contributed by atoms with Crippen molar-refractivity contribution in [2.75, 3.05) is 0 Å². The van der Waals surface area contributed by atoms with Crippen LogP contribution in [0.1, 0.15) is 33.1 Å². The van der Waals surface area contributed by atoms with Gasteiger partial charge in [-0.15, -0.1) is 0 Å². The van der Waals surface area contributed by atoms with E-state index in [4.69, 9.17) is 11.6 Å². The van der Waals surface area contributed by atoms with Gasteiger partial charge in [0.05, 0.1) is 0 Å². The maximum Gasteiger partial charge on any atom is 0.224 e. The molecule has 0 radical (unpaired) electrons. The number of carbonyl (C=O) groups is 1. The molecule has 0 amide bonds. The van der Waals surface area contributed by atoms with Crippen LogP contribution in [0.2, 0.25) is 0 Å². The molecule has 0 aliphatic carbocycles. The van der Waals surface area contributed by atoms with Crippen molar-refractivity contribution in [2.45, 2.75) is 33.1 Å². The molecule has 9 heavy (non-hydrogen) atoms. The van der Waals surface area contributed by atoms with Crippen molar-refractivity contribution in [2.24, 2.45) is 5.92 Å². The summed E-state index contributed by atoms with van der Waals surface area (Å²) in [6.45, 7) is 3.97. The third kappa shape index (κ3) is 4.46. The highest BCUT2D eigenvalue weighted by Crippen LogP contribution is 2.09. The third-order valence-corrected chi connectivity index (χ3v) is 1.75. The summed E-state index contributed by atoms with van der Waals surface area (Å²) >= 11 is 5.23. The van der Waals surface area contributed by atoms with Crippen LogP contribution in [0.3, 0.4) is 0 Å². The predicted molar refractivity (Wildman–Crippen MR) is 39.5 cm³/mol. The van der Waals surface area contributed by atoms with Gasteiger partial charge in [-0.05, 0) is 18.0 Å². The minimum absolute atomic E-state index is 0.0478. The Bertz CT molecular complexity index is 90.9. The average Bonchev–Trinajstić information content (AvgIpc) is 1.82. The van der Waals surface area contributed by atoms with Gasteiger partial charge in [-0.2, -0.15) is 0 Å². The summed E-state index contributed by atoms with van der Waals surface area (Å²) in [5.41, 5.74) is 0. The van der Waals surface area contributed by atoms with Gasteiger partial charge in [-0.25, -0.2) is 0 Å². The Hall–Kier alpha value is -0.0400. The predicted octanol–water partition coefficient (Wildman–Crippen LogP) is 2.58. The van der Waals surface area contributed by atoms with Crippen LogP contribution in [0.25, 0.3) is 0 Å². The van der Waals surface area contributed by atoms with Crippen LogP contribution < -0.4 is 0 Å². The molecule has 0 heterocycles. The highest BCUT2D eigenvalue weighted by Gasteiger charge is 2.07. The summed E-state index contributed by atoms with van der Waals surface area (Å²) in [5.74, 6) is 0.0478. The molecular weight excluding hydrogens is 136 g/mol. The minimum Gasteiger partial charge on any atom is -0.281 e. The molecule has 0 rings (SSSR count). The number of rotatable bonds is 4. The molecule has 0 aliphatic heterocycles. The van der Waals surface area contributed by atoms with E-state index in [9.17, 15) is 4.79 Å². The number of hydrogen-bond donors (Lipinski definition) is 0. The number of halogens is 1. The van der Waals surface area contributed by atoms with Crippen molar-refractivity contribution >= 4 is 16.8 Å². The van der Waals surface area contributed by atoms with Gasteiger partial charge in [0.2, 0.25) is 5.24 Å². The quantitative estimate of drug-likeness (QED) is 0.560. The zero-order valence-corrected chi connectivity index (χ0v) is 6.74. The lowest BCUT2D eigenvalue weighted by Gasteiger charge is -2.01. The lowest BCUT2D eigenvalue weighted by molar-refractivity contribution is -0.114. The molecular formula is C7H13ClO. The second-order valence-electron chi connectivity index (χ2n) is 2.35. The van der Waals surface area contributed by atoms with Crippen molar-refractivity contribution in [3.8, 4) is 0 Å². The van der Waals surface area contributed by atoms with E-state index < -0.39 is 0 Å². The van der Waals surface area contributed by atoms with Crippen molar-refractivity contribution in [1.29, 1.82) is 0 Å². The first-order valence-electron chi connectivity index (χ1n) is 3.37. The second-order valence-corrected chi connectivity index (χ2v) is 2.72. The van der Waals surface area contributed by atoms with Crippen molar-refractivity contribution in [3.05, 3.63) is 0 Å². The van der Waals surface area contributed by atoms with E-state index in [2.05, 4.69) is 6.92 Å². The monoisotopic (exact) mass is 148 g/mol. The van der Waals surface area contributed by atoms with E-state index in [-0.39, 0.29) is 11.2 Å². The summed E-state index contributed by atoms with van der Waals surface area (Å²) < 4.78 is 0.